The molecule has 0 aliphatic carbocycles. The molecular formula is C29H40N4O5. The molecule has 9 nitrogen and oxygen atoms in total. The van der Waals surface area contributed by atoms with Crippen molar-refractivity contribution in [2.24, 2.45) is 11.3 Å². The van der Waals surface area contributed by atoms with Crippen LogP contribution >= 0.6 is 0 Å². The van der Waals surface area contributed by atoms with Gasteiger partial charge in [-0.15, -0.1) is 0 Å². The molecular weight excluding hydrogens is 484 g/mol. The lowest BCUT2D eigenvalue weighted by Gasteiger charge is -2.46. The summed E-state index contributed by atoms with van der Waals surface area (Å²) in [6.07, 6.45) is 1.54. The second kappa shape index (κ2) is 12.8. The van der Waals surface area contributed by atoms with Gasteiger partial charge in [0.1, 0.15) is 0 Å². The lowest BCUT2D eigenvalue weighted by molar-refractivity contribution is -0.0429. The van der Waals surface area contributed by atoms with Crippen molar-refractivity contribution in [3.63, 3.8) is 0 Å². The van der Waals surface area contributed by atoms with Gasteiger partial charge < -0.3 is 20.6 Å². The van der Waals surface area contributed by atoms with Crippen LogP contribution in [0.2, 0.25) is 0 Å². The van der Waals surface area contributed by atoms with Crippen LogP contribution < -0.4 is 10.6 Å². The highest BCUT2D eigenvalue weighted by molar-refractivity contribution is 5.94. The molecule has 0 spiro atoms. The lowest BCUT2D eigenvalue weighted by atomic mass is 9.74. The quantitative estimate of drug-likeness (QED) is 0.290. The van der Waals surface area contributed by atoms with Crippen LogP contribution in [-0.4, -0.2) is 70.5 Å². The lowest BCUT2D eigenvalue weighted by Crippen LogP contribution is -2.57. The summed E-state index contributed by atoms with van der Waals surface area (Å²) in [5.41, 5.74) is 3.55. The first kappa shape index (κ1) is 29.0. The van der Waals surface area contributed by atoms with Crippen molar-refractivity contribution in [2.45, 2.75) is 53.0 Å². The number of nitrogens with zero attached hydrogens (tertiary/aromatic N) is 2. The number of benzene rings is 2. The van der Waals surface area contributed by atoms with Crippen LogP contribution in [0.25, 0.3) is 11.1 Å². The van der Waals surface area contributed by atoms with E-state index in [2.05, 4.69) is 41.8 Å². The fraction of sp³-hybridized carbons (Fsp3) is 0.483. The van der Waals surface area contributed by atoms with Gasteiger partial charge in [0.2, 0.25) is 0 Å². The molecule has 0 radical (unpaired) electrons. The molecule has 4 N–H and O–H groups in total. The Morgan fingerprint density at radius 2 is 1.61 bits per heavy atom. The fourth-order valence-corrected chi connectivity index (χ4v) is 5.21. The summed E-state index contributed by atoms with van der Waals surface area (Å²) >= 11 is 0. The summed E-state index contributed by atoms with van der Waals surface area (Å²) in [5, 5.41) is 25.8. The highest BCUT2D eigenvalue weighted by atomic mass is 16.5. The van der Waals surface area contributed by atoms with Gasteiger partial charge in [-0.05, 0) is 59.4 Å². The van der Waals surface area contributed by atoms with E-state index in [1.54, 1.807) is 12.1 Å². The molecule has 1 saturated heterocycles. The minimum Gasteiger partial charge on any atom is -0.465 e. The summed E-state index contributed by atoms with van der Waals surface area (Å²) in [5.74, 6) is -0.361. The highest BCUT2D eigenvalue weighted by Gasteiger charge is 2.41. The van der Waals surface area contributed by atoms with Gasteiger partial charge in [-0.25, -0.2) is 14.7 Å². The number of carbonyl (C=O) groups is 3. The van der Waals surface area contributed by atoms with Gasteiger partial charge >= 0.3 is 12.1 Å². The van der Waals surface area contributed by atoms with E-state index in [9.17, 15) is 24.7 Å². The van der Waals surface area contributed by atoms with Crippen LogP contribution in [0.1, 0.15) is 56.5 Å². The zero-order valence-corrected chi connectivity index (χ0v) is 22.7. The number of likely N-dealkylation sites (tertiary alicyclic amines) is 1. The largest absolute Gasteiger partial charge is 0.465 e. The molecule has 2 aromatic rings. The minimum absolute atomic E-state index is 0.0653. The Morgan fingerprint density at radius 1 is 1.00 bits per heavy atom. The van der Waals surface area contributed by atoms with Crippen LogP contribution in [0.4, 0.5) is 9.59 Å². The van der Waals surface area contributed by atoms with E-state index in [0.29, 0.717) is 17.2 Å². The third-order valence-corrected chi connectivity index (χ3v) is 7.09. The number of rotatable bonds is 8. The number of piperidine rings is 1. The van der Waals surface area contributed by atoms with Gasteiger partial charge in [0, 0.05) is 31.2 Å². The molecule has 4 amide bonds. The number of aryl methyl sites for hydroxylation is 1. The number of carbonyl (C=O) groups excluding carboxylic acids is 2. The number of hydrogen-bond donors (Lipinski definition) is 4. The molecule has 0 aromatic heterocycles. The van der Waals surface area contributed by atoms with Gasteiger partial charge in [0.15, 0.2) is 0 Å². The molecule has 1 fully saturated rings. The van der Waals surface area contributed by atoms with Gasteiger partial charge in [-0.3, -0.25) is 10.0 Å². The Labute approximate surface area is 224 Å². The molecule has 3 rings (SSSR count). The van der Waals surface area contributed by atoms with Crippen LogP contribution in [0.5, 0.6) is 0 Å². The average Bonchev–Trinajstić information content (AvgIpc) is 2.90. The van der Waals surface area contributed by atoms with E-state index in [0.717, 1.165) is 30.4 Å². The topological polar surface area (TPSA) is 122 Å². The molecule has 1 heterocycles. The van der Waals surface area contributed by atoms with E-state index in [1.165, 1.54) is 10.5 Å². The van der Waals surface area contributed by atoms with Crippen molar-refractivity contribution in [3.05, 3.63) is 59.7 Å². The first-order valence-electron chi connectivity index (χ1n) is 13.2. The van der Waals surface area contributed by atoms with E-state index >= 15 is 0 Å². The zero-order chi connectivity index (χ0) is 27.9. The summed E-state index contributed by atoms with van der Waals surface area (Å²) in [6.45, 7) is 8.80. The maximum absolute atomic E-state index is 12.5. The number of nitrogens with one attached hydrogen (secondary N) is 2. The number of hydroxylamine groups is 2. The Balaban J connectivity index is 1.46. The molecule has 0 saturated carbocycles. The van der Waals surface area contributed by atoms with Gasteiger partial charge in [-0.2, -0.15) is 0 Å². The summed E-state index contributed by atoms with van der Waals surface area (Å²) < 4.78 is 0. The number of amides is 4. The zero-order valence-electron chi connectivity index (χ0n) is 22.7. The van der Waals surface area contributed by atoms with Crippen LogP contribution in [0, 0.1) is 11.3 Å². The van der Waals surface area contributed by atoms with Crippen molar-refractivity contribution < 1.29 is 24.7 Å². The normalized spacial score (nSPS) is 17.6. The van der Waals surface area contributed by atoms with Crippen LogP contribution in [0.15, 0.2) is 48.5 Å². The van der Waals surface area contributed by atoms with Crippen molar-refractivity contribution in [2.75, 3.05) is 26.2 Å². The van der Waals surface area contributed by atoms with Gasteiger partial charge in [0.25, 0.3) is 5.91 Å². The maximum atomic E-state index is 12.5. The van der Waals surface area contributed by atoms with Crippen LogP contribution in [-0.2, 0) is 6.42 Å². The molecule has 2 atom stereocenters. The Bertz CT molecular complexity index is 1100. The summed E-state index contributed by atoms with van der Waals surface area (Å²) in [4.78, 5) is 38.1. The molecule has 0 bridgehead atoms. The van der Waals surface area contributed by atoms with Crippen LogP contribution in [0.3, 0.4) is 0 Å². The minimum atomic E-state index is -0.958. The van der Waals surface area contributed by atoms with E-state index in [4.69, 9.17) is 0 Å². The molecule has 206 valence electrons. The third kappa shape index (κ3) is 7.47. The highest BCUT2D eigenvalue weighted by Crippen LogP contribution is 2.35. The van der Waals surface area contributed by atoms with Gasteiger partial charge in [0.05, 0.1) is 6.54 Å². The van der Waals surface area contributed by atoms with Crippen molar-refractivity contribution >= 4 is 18.0 Å². The Morgan fingerprint density at radius 3 is 2.16 bits per heavy atom. The summed E-state index contributed by atoms with van der Waals surface area (Å²) in [7, 11) is 0. The standard InChI is InChI=1S/C29H40N4O5/c1-5-20-8-10-21(11-9-20)22-12-14-23(15-13-22)26(34)30-16-18-33(38)27(35)31-19-24-7-6-17-32(28(36)37)25(24)29(2,3)4/h8-15,24-25,38H,5-7,16-19H2,1-4H3,(H,30,34)(H,31,35)(H,36,37). The molecule has 2 unspecified atom stereocenters. The molecule has 1 aliphatic rings. The average molecular weight is 525 g/mol. The van der Waals surface area contributed by atoms with Gasteiger partial charge in [-0.1, -0.05) is 64.1 Å². The summed E-state index contributed by atoms with van der Waals surface area (Å²) in [6, 6.07) is 14.7. The smallest absolute Gasteiger partial charge is 0.407 e. The second-order valence-electron chi connectivity index (χ2n) is 10.9. The maximum Gasteiger partial charge on any atom is 0.407 e. The third-order valence-electron chi connectivity index (χ3n) is 7.09. The monoisotopic (exact) mass is 524 g/mol. The number of hydrogen-bond acceptors (Lipinski definition) is 4. The molecule has 9 heteroatoms. The predicted octanol–water partition coefficient (Wildman–Crippen LogP) is 4.85. The number of carboxylic acid groups (broad SMARTS) is 1. The molecule has 1 aliphatic heterocycles. The first-order valence-corrected chi connectivity index (χ1v) is 13.2. The fourth-order valence-electron chi connectivity index (χ4n) is 5.21. The molecule has 2 aromatic carbocycles. The molecule has 38 heavy (non-hydrogen) atoms. The van der Waals surface area contributed by atoms with E-state index < -0.39 is 12.1 Å². The second-order valence-corrected chi connectivity index (χ2v) is 10.9. The Hall–Kier alpha value is -3.59. The first-order chi connectivity index (χ1) is 18.0. The van der Waals surface area contributed by atoms with E-state index in [1.807, 2.05) is 32.9 Å². The van der Waals surface area contributed by atoms with Crippen molar-refractivity contribution in [3.8, 4) is 11.1 Å². The SMILES string of the molecule is CCc1ccc(-c2ccc(C(=O)NCCN(O)C(=O)NCC3CCCN(C(=O)O)C3C(C)(C)C)cc2)cc1. The van der Waals surface area contributed by atoms with E-state index in [-0.39, 0.29) is 42.9 Å². The van der Waals surface area contributed by atoms with Crippen molar-refractivity contribution in [1.82, 2.24) is 20.6 Å². The van der Waals surface area contributed by atoms with Crippen molar-refractivity contribution in [1.29, 1.82) is 0 Å². The predicted molar refractivity (Wildman–Crippen MR) is 146 cm³/mol. The number of urea groups is 1. The Kier molecular flexibility index (Phi) is 9.74.